The molecule has 1 amide bonds. The smallest absolute Gasteiger partial charge is 0.271 e. The van der Waals surface area contributed by atoms with Gasteiger partial charge in [0.1, 0.15) is 0 Å². The van der Waals surface area contributed by atoms with E-state index in [1.54, 1.807) is 31.6 Å². The van der Waals surface area contributed by atoms with Crippen LogP contribution in [0.15, 0.2) is 77.2 Å². The van der Waals surface area contributed by atoms with Crippen molar-refractivity contribution in [2.24, 2.45) is 5.10 Å². The van der Waals surface area contributed by atoms with Crippen LogP contribution in [0, 0.1) is 0 Å². The van der Waals surface area contributed by atoms with E-state index in [1.165, 1.54) is 16.4 Å². The number of aromatic nitrogens is 2. The highest BCUT2D eigenvalue weighted by atomic mass is 32.2. The molecule has 4 rings (SSSR count). The highest BCUT2D eigenvalue weighted by molar-refractivity contribution is 7.89. The van der Waals surface area contributed by atoms with E-state index >= 15 is 0 Å². The summed E-state index contributed by atoms with van der Waals surface area (Å²) in [5.74, 6) is -0.488. The van der Waals surface area contributed by atoms with Crippen molar-refractivity contribution in [1.82, 2.24) is 19.3 Å². The van der Waals surface area contributed by atoms with Gasteiger partial charge >= 0.3 is 0 Å². The van der Waals surface area contributed by atoms with Crippen LogP contribution in [0.1, 0.15) is 22.8 Å². The van der Waals surface area contributed by atoms with Crippen LogP contribution in [-0.4, -0.2) is 60.2 Å². The van der Waals surface area contributed by atoms with Crippen LogP contribution in [0.2, 0.25) is 0 Å². The number of hydrazone groups is 1. The van der Waals surface area contributed by atoms with Gasteiger partial charge in [-0.25, -0.2) is 18.8 Å². The SMILES string of the molecule is C/C(=N\NC(=O)c1cccc(S(=O)(=O)N2CCOCC2)c1)c1ccc(-n2ccnc2)cc1. The minimum absolute atomic E-state index is 0.0721. The fourth-order valence-electron chi connectivity index (χ4n) is 3.28. The van der Waals surface area contributed by atoms with Crippen molar-refractivity contribution in [3.05, 3.63) is 78.4 Å². The van der Waals surface area contributed by atoms with E-state index in [1.807, 2.05) is 35.0 Å². The maximum absolute atomic E-state index is 12.8. The molecule has 1 aliphatic heterocycles. The number of benzene rings is 2. The van der Waals surface area contributed by atoms with E-state index in [9.17, 15) is 13.2 Å². The number of imidazole rings is 1. The van der Waals surface area contributed by atoms with E-state index < -0.39 is 15.9 Å². The van der Waals surface area contributed by atoms with Gasteiger partial charge in [-0.3, -0.25) is 4.79 Å². The Labute approximate surface area is 186 Å². The Balaban J connectivity index is 1.45. The predicted molar refractivity (Wildman–Crippen MR) is 119 cm³/mol. The summed E-state index contributed by atoms with van der Waals surface area (Å²) in [6, 6.07) is 13.6. The standard InChI is InChI=1S/C22H23N5O4S/c1-17(18-5-7-20(8-6-18)26-10-9-23-16-26)24-25-22(28)19-3-2-4-21(15-19)32(29,30)27-11-13-31-14-12-27/h2-10,15-16H,11-14H2,1H3,(H,25,28)/b24-17+. The van der Waals surface area contributed by atoms with Crippen LogP contribution in [0.4, 0.5) is 0 Å². The molecule has 0 aliphatic carbocycles. The predicted octanol–water partition coefficient (Wildman–Crippen LogP) is 2.05. The van der Waals surface area contributed by atoms with Crippen molar-refractivity contribution < 1.29 is 17.9 Å². The Hall–Kier alpha value is -3.34. The molecule has 1 N–H and O–H groups in total. The van der Waals surface area contributed by atoms with Crippen molar-refractivity contribution in [2.45, 2.75) is 11.8 Å². The average molecular weight is 454 g/mol. The van der Waals surface area contributed by atoms with Gasteiger partial charge in [-0.05, 0) is 42.8 Å². The number of carbonyl (C=O) groups excluding carboxylic acids is 1. The molecule has 0 unspecified atom stereocenters. The normalized spacial score (nSPS) is 15.5. The third kappa shape index (κ3) is 4.77. The van der Waals surface area contributed by atoms with Crippen molar-refractivity contribution >= 4 is 21.6 Å². The average Bonchev–Trinajstić information content (AvgIpc) is 3.38. The summed E-state index contributed by atoms with van der Waals surface area (Å²) in [5, 5.41) is 4.17. The molecule has 1 saturated heterocycles. The first-order valence-corrected chi connectivity index (χ1v) is 11.5. The summed E-state index contributed by atoms with van der Waals surface area (Å²) in [7, 11) is -3.68. The lowest BCUT2D eigenvalue weighted by Crippen LogP contribution is -2.40. The highest BCUT2D eigenvalue weighted by Crippen LogP contribution is 2.18. The first kappa shape index (κ1) is 21.9. The first-order valence-electron chi connectivity index (χ1n) is 10.1. The second-order valence-corrected chi connectivity index (χ2v) is 9.14. The van der Waals surface area contributed by atoms with Gasteiger partial charge in [-0.15, -0.1) is 0 Å². The van der Waals surface area contributed by atoms with Gasteiger partial charge in [-0.1, -0.05) is 18.2 Å². The molecule has 10 heteroatoms. The summed E-state index contributed by atoms with van der Waals surface area (Å²) in [6.45, 7) is 3.09. The molecule has 166 valence electrons. The summed E-state index contributed by atoms with van der Waals surface area (Å²) in [6.07, 6.45) is 5.27. The topological polar surface area (TPSA) is 106 Å². The molecule has 32 heavy (non-hydrogen) atoms. The molecule has 0 bridgehead atoms. The van der Waals surface area contributed by atoms with Crippen LogP contribution in [0.25, 0.3) is 5.69 Å². The number of nitrogens with zero attached hydrogens (tertiary/aromatic N) is 4. The monoisotopic (exact) mass is 453 g/mol. The van der Waals surface area contributed by atoms with Gasteiger partial charge in [0.05, 0.1) is 30.1 Å². The zero-order chi connectivity index (χ0) is 22.6. The van der Waals surface area contributed by atoms with Crippen LogP contribution in [-0.2, 0) is 14.8 Å². The van der Waals surface area contributed by atoms with Crippen LogP contribution in [0.3, 0.4) is 0 Å². The van der Waals surface area contributed by atoms with E-state index in [0.717, 1.165) is 11.3 Å². The summed E-state index contributed by atoms with van der Waals surface area (Å²) in [5.41, 5.74) is 5.14. The molecular weight excluding hydrogens is 430 g/mol. The van der Waals surface area contributed by atoms with Crippen molar-refractivity contribution in [3.8, 4) is 5.69 Å². The molecule has 0 spiro atoms. The van der Waals surface area contributed by atoms with E-state index in [4.69, 9.17) is 4.74 Å². The fourth-order valence-corrected chi connectivity index (χ4v) is 4.74. The number of nitrogens with one attached hydrogen (secondary N) is 1. The lowest BCUT2D eigenvalue weighted by atomic mass is 10.1. The lowest BCUT2D eigenvalue weighted by Gasteiger charge is -2.26. The molecule has 3 aromatic rings. The molecule has 1 fully saturated rings. The van der Waals surface area contributed by atoms with Crippen LogP contribution in [0.5, 0.6) is 0 Å². The Kier molecular flexibility index (Phi) is 6.45. The number of hydrogen-bond acceptors (Lipinski definition) is 6. The number of hydrogen-bond donors (Lipinski definition) is 1. The van der Waals surface area contributed by atoms with Gasteiger partial charge in [0.15, 0.2) is 0 Å². The molecule has 9 nitrogen and oxygen atoms in total. The number of ether oxygens (including phenoxy) is 1. The molecule has 2 heterocycles. The number of morpholine rings is 1. The molecule has 0 saturated carbocycles. The lowest BCUT2D eigenvalue weighted by molar-refractivity contribution is 0.0730. The number of sulfonamides is 1. The highest BCUT2D eigenvalue weighted by Gasteiger charge is 2.26. The minimum atomic E-state index is -3.68. The molecular formula is C22H23N5O4S. The second kappa shape index (κ2) is 9.43. The quantitative estimate of drug-likeness (QED) is 0.454. The summed E-state index contributed by atoms with van der Waals surface area (Å²) < 4.78 is 34.1. The fraction of sp³-hybridized carbons (Fsp3) is 0.227. The number of amides is 1. The third-order valence-corrected chi connectivity index (χ3v) is 7.01. The molecule has 0 atom stereocenters. The molecule has 1 aliphatic rings. The third-order valence-electron chi connectivity index (χ3n) is 5.12. The van der Waals surface area contributed by atoms with E-state index in [-0.39, 0.29) is 10.5 Å². The van der Waals surface area contributed by atoms with E-state index in [2.05, 4.69) is 15.5 Å². The minimum Gasteiger partial charge on any atom is -0.379 e. The van der Waals surface area contributed by atoms with Crippen LogP contribution < -0.4 is 5.43 Å². The van der Waals surface area contributed by atoms with Gasteiger partial charge in [0, 0.05) is 36.7 Å². The molecule has 0 radical (unpaired) electrons. The van der Waals surface area contributed by atoms with Crippen LogP contribution >= 0.6 is 0 Å². The Morgan fingerprint density at radius 2 is 1.84 bits per heavy atom. The maximum atomic E-state index is 12.8. The van der Waals surface area contributed by atoms with Gasteiger partial charge in [0.25, 0.3) is 5.91 Å². The second-order valence-electron chi connectivity index (χ2n) is 7.20. The Morgan fingerprint density at radius 3 is 2.53 bits per heavy atom. The zero-order valence-electron chi connectivity index (χ0n) is 17.5. The van der Waals surface area contributed by atoms with E-state index in [0.29, 0.717) is 32.0 Å². The Bertz CT molecular complexity index is 1220. The van der Waals surface area contributed by atoms with Gasteiger partial charge in [0.2, 0.25) is 10.0 Å². The van der Waals surface area contributed by atoms with Crippen molar-refractivity contribution in [3.63, 3.8) is 0 Å². The number of rotatable bonds is 6. The van der Waals surface area contributed by atoms with Gasteiger partial charge < -0.3 is 9.30 Å². The van der Waals surface area contributed by atoms with Crippen molar-refractivity contribution in [1.29, 1.82) is 0 Å². The maximum Gasteiger partial charge on any atom is 0.271 e. The Morgan fingerprint density at radius 1 is 1.09 bits per heavy atom. The largest absolute Gasteiger partial charge is 0.379 e. The summed E-state index contributed by atoms with van der Waals surface area (Å²) in [4.78, 5) is 16.7. The number of carbonyl (C=O) groups is 1. The molecule has 1 aromatic heterocycles. The van der Waals surface area contributed by atoms with Gasteiger partial charge in [-0.2, -0.15) is 9.41 Å². The molecule has 2 aromatic carbocycles. The zero-order valence-corrected chi connectivity index (χ0v) is 18.3. The summed E-state index contributed by atoms with van der Waals surface area (Å²) >= 11 is 0. The van der Waals surface area contributed by atoms with Crippen molar-refractivity contribution in [2.75, 3.05) is 26.3 Å². The first-order chi connectivity index (χ1) is 15.4.